The van der Waals surface area contributed by atoms with Gasteiger partial charge >= 0.3 is 6.18 Å². The van der Waals surface area contributed by atoms with E-state index in [4.69, 9.17) is 4.74 Å². The minimum atomic E-state index is -4.30. The van der Waals surface area contributed by atoms with Gasteiger partial charge in [-0.1, -0.05) is 42.6 Å². The zero-order valence-corrected chi connectivity index (χ0v) is 14.1. The summed E-state index contributed by atoms with van der Waals surface area (Å²) in [5.41, 5.74) is -0.602. The molecule has 0 unspecified atom stereocenters. The van der Waals surface area contributed by atoms with Crippen LogP contribution in [0.15, 0.2) is 24.3 Å². The van der Waals surface area contributed by atoms with Crippen LogP contribution in [0.3, 0.4) is 0 Å². The Hall–Kier alpha value is -0.710. The lowest BCUT2D eigenvalue weighted by Crippen LogP contribution is -2.30. The van der Waals surface area contributed by atoms with E-state index in [0.29, 0.717) is 12.4 Å². The second-order valence-electron chi connectivity index (χ2n) is 5.44. The van der Waals surface area contributed by atoms with Crippen LogP contribution >= 0.6 is 15.9 Å². The van der Waals surface area contributed by atoms with Gasteiger partial charge in [-0.3, -0.25) is 0 Å². The van der Waals surface area contributed by atoms with Gasteiger partial charge in [-0.25, -0.2) is 0 Å². The molecule has 0 saturated carbocycles. The number of hydrogen-bond donors (Lipinski definition) is 0. The SMILES string of the molecule is CCCC(CBr)(CCC)COc1ccc(C(F)(F)F)cc1. The van der Waals surface area contributed by atoms with Crippen LogP contribution in [0.5, 0.6) is 5.75 Å². The van der Waals surface area contributed by atoms with Gasteiger partial charge in [0.2, 0.25) is 0 Å². The average molecular weight is 367 g/mol. The van der Waals surface area contributed by atoms with Crippen molar-refractivity contribution in [2.45, 2.75) is 45.7 Å². The molecule has 21 heavy (non-hydrogen) atoms. The van der Waals surface area contributed by atoms with Gasteiger partial charge in [0, 0.05) is 10.7 Å². The summed E-state index contributed by atoms with van der Waals surface area (Å²) in [6.45, 7) is 4.78. The molecule has 5 heteroatoms. The molecule has 0 saturated heterocycles. The van der Waals surface area contributed by atoms with Crippen LogP contribution in [0.4, 0.5) is 13.2 Å². The van der Waals surface area contributed by atoms with Gasteiger partial charge in [0.1, 0.15) is 5.75 Å². The van der Waals surface area contributed by atoms with Gasteiger partial charge < -0.3 is 4.74 Å². The van der Waals surface area contributed by atoms with Crippen molar-refractivity contribution in [1.29, 1.82) is 0 Å². The predicted molar refractivity (Wildman–Crippen MR) is 83.0 cm³/mol. The molecule has 0 atom stereocenters. The first-order chi connectivity index (χ1) is 9.87. The van der Waals surface area contributed by atoms with E-state index in [0.717, 1.165) is 43.1 Å². The molecule has 0 aliphatic rings. The van der Waals surface area contributed by atoms with E-state index in [-0.39, 0.29) is 5.41 Å². The number of hydrogen-bond acceptors (Lipinski definition) is 1. The van der Waals surface area contributed by atoms with Crippen LogP contribution in [0, 0.1) is 5.41 Å². The second-order valence-corrected chi connectivity index (χ2v) is 6.01. The molecule has 120 valence electrons. The molecule has 1 aromatic rings. The summed E-state index contributed by atoms with van der Waals surface area (Å²) in [4.78, 5) is 0. The third-order valence-corrected chi connectivity index (χ3v) is 4.76. The summed E-state index contributed by atoms with van der Waals surface area (Å²) in [7, 11) is 0. The lowest BCUT2D eigenvalue weighted by atomic mass is 9.82. The lowest BCUT2D eigenvalue weighted by Gasteiger charge is -2.31. The van der Waals surface area contributed by atoms with Crippen LogP contribution < -0.4 is 4.74 Å². The molecular weight excluding hydrogens is 345 g/mol. The Bertz CT molecular complexity index is 409. The maximum Gasteiger partial charge on any atom is 0.416 e. The molecule has 0 aliphatic heterocycles. The van der Waals surface area contributed by atoms with Gasteiger partial charge in [-0.15, -0.1) is 0 Å². The molecule has 0 heterocycles. The highest BCUT2D eigenvalue weighted by Gasteiger charge is 2.31. The van der Waals surface area contributed by atoms with Crippen molar-refractivity contribution in [3.63, 3.8) is 0 Å². The van der Waals surface area contributed by atoms with Crippen LogP contribution in [0.2, 0.25) is 0 Å². The van der Waals surface area contributed by atoms with E-state index in [1.54, 1.807) is 0 Å². The average Bonchev–Trinajstić information content (AvgIpc) is 2.45. The molecule has 0 radical (unpaired) electrons. The molecule has 0 spiro atoms. The zero-order valence-electron chi connectivity index (χ0n) is 12.5. The van der Waals surface area contributed by atoms with Gasteiger partial charge in [0.15, 0.2) is 0 Å². The maximum absolute atomic E-state index is 12.5. The minimum absolute atomic E-state index is 0.0478. The van der Waals surface area contributed by atoms with Gasteiger partial charge in [-0.2, -0.15) is 13.2 Å². The fourth-order valence-corrected chi connectivity index (χ4v) is 3.20. The molecule has 0 amide bonds. The maximum atomic E-state index is 12.5. The van der Waals surface area contributed by atoms with E-state index < -0.39 is 11.7 Å². The Labute approximate surface area is 133 Å². The first-order valence-electron chi connectivity index (χ1n) is 7.23. The molecule has 0 aliphatic carbocycles. The van der Waals surface area contributed by atoms with Crippen molar-refractivity contribution in [1.82, 2.24) is 0 Å². The third-order valence-electron chi connectivity index (χ3n) is 3.57. The monoisotopic (exact) mass is 366 g/mol. The summed E-state index contributed by atoms with van der Waals surface area (Å²) in [6, 6.07) is 4.90. The molecule has 0 bridgehead atoms. The van der Waals surface area contributed by atoms with Crippen LogP contribution in [-0.2, 0) is 6.18 Å². The standard InChI is InChI=1S/C16H22BrF3O/c1-3-9-15(11-17,10-4-2)12-21-14-7-5-13(6-8-14)16(18,19)20/h5-8H,3-4,9-12H2,1-2H3. The van der Waals surface area contributed by atoms with Gasteiger partial charge in [-0.05, 0) is 37.1 Å². The Kier molecular flexibility index (Phi) is 7.04. The predicted octanol–water partition coefficient (Wildman–Crippen LogP) is 6.07. The number of benzene rings is 1. The van der Waals surface area contributed by atoms with Crippen LogP contribution in [0.25, 0.3) is 0 Å². The van der Waals surface area contributed by atoms with Crippen LogP contribution in [-0.4, -0.2) is 11.9 Å². The normalized spacial score (nSPS) is 12.5. The Morgan fingerprint density at radius 3 is 1.90 bits per heavy atom. The van der Waals surface area contributed by atoms with Crippen LogP contribution in [0.1, 0.15) is 45.1 Å². The second kappa shape index (κ2) is 8.06. The van der Waals surface area contributed by atoms with Crippen molar-refractivity contribution < 1.29 is 17.9 Å². The van der Waals surface area contributed by atoms with E-state index >= 15 is 0 Å². The molecule has 1 nitrogen and oxygen atoms in total. The Balaban J connectivity index is 2.71. The summed E-state index contributed by atoms with van der Waals surface area (Å²) >= 11 is 3.56. The summed E-state index contributed by atoms with van der Waals surface area (Å²) in [5.74, 6) is 0.487. The fourth-order valence-electron chi connectivity index (χ4n) is 2.48. The lowest BCUT2D eigenvalue weighted by molar-refractivity contribution is -0.137. The number of rotatable bonds is 8. The zero-order chi connectivity index (χ0) is 15.9. The van der Waals surface area contributed by atoms with E-state index in [1.807, 2.05) is 0 Å². The first kappa shape index (κ1) is 18.3. The highest BCUT2D eigenvalue weighted by atomic mass is 79.9. The number of ether oxygens (including phenoxy) is 1. The highest BCUT2D eigenvalue weighted by Crippen LogP contribution is 2.34. The van der Waals surface area contributed by atoms with Crippen molar-refractivity contribution >= 4 is 15.9 Å². The van der Waals surface area contributed by atoms with E-state index in [9.17, 15) is 13.2 Å². The Morgan fingerprint density at radius 1 is 1.00 bits per heavy atom. The van der Waals surface area contributed by atoms with Crippen molar-refractivity contribution in [2.24, 2.45) is 5.41 Å². The van der Waals surface area contributed by atoms with E-state index in [1.165, 1.54) is 12.1 Å². The quantitative estimate of drug-likeness (QED) is 0.507. The topological polar surface area (TPSA) is 9.23 Å². The molecule has 0 N–H and O–H groups in total. The molecule has 0 fully saturated rings. The summed E-state index contributed by atoms with van der Waals surface area (Å²) in [5, 5.41) is 0.836. The van der Waals surface area contributed by atoms with Gasteiger partial charge in [0.25, 0.3) is 0 Å². The van der Waals surface area contributed by atoms with Crippen molar-refractivity contribution in [3.8, 4) is 5.75 Å². The summed E-state index contributed by atoms with van der Waals surface area (Å²) in [6.07, 6.45) is -0.119. The largest absolute Gasteiger partial charge is 0.493 e. The smallest absolute Gasteiger partial charge is 0.416 e. The molecule has 1 rings (SSSR count). The van der Waals surface area contributed by atoms with Crippen molar-refractivity contribution in [3.05, 3.63) is 29.8 Å². The number of halogens is 4. The van der Waals surface area contributed by atoms with E-state index in [2.05, 4.69) is 29.8 Å². The molecular formula is C16H22BrF3O. The highest BCUT2D eigenvalue weighted by molar-refractivity contribution is 9.09. The Morgan fingerprint density at radius 2 is 1.52 bits per heavy atom. The fraction of sp³-hybridized carbons (Fsp3) is 0.625. The molecule has 0 aromatic heterocycles. The van der Waals surface area contributed by atoms with Gasteiger partial charge in [0.05, 0.1) is 12.2 Å². The first-order valence-corrected chi connectivity index (χ1v) is 8.35. The summed E-state index contributed by atoms with van der Waals surface area (Å²) < 4.78 is 43.2. The molecule has 1 aromatic carbocycles. The van der Waals surface area contributed by atoms with Crippen molar-refractivity contribution in [2.75, 3.05) is 11.9 Å². The minimum Gasteiger partial charge on any atom is -0.493 e. The number of alkyl halides is 4. The third kappa shape index (κ3) is 5.53.